The van der Waals surface area contributed by atoms with Crippen LogP contribution in [0.25, 0.3) is 0 Å². The number of aliphatic hydroxyl groups is 3. The van der Waals surface area contributed by atoms with E-state index >= 15 is 0 Å². The van der Waals surface area contributed by atoms with Gasteiger partial charge in [0.15, 0.2) is 12.4 Å². The molecule has 0 saturated carbocycles. The Labute approximate surface area is 158 Å². The van der Waals surface area contributed by atoms with Crippen LogP contribution in [0, 0.1) is 0 Å². The maximum absolute atomic E-state index is 11.8. The van der Waals surface area contributed by atoms with Gasteiger partial charge in [0, 0.05) is 6.42 Å². The molecule has 0 spiro atoms. The zero-order valence-corrected chi connectivity index (χ0v) is 15.4. The molecule has 1 aliphatic heterocycles. The molecule has 0 aromatic heterocycles. The van der Waals surface area contributed by atoms with Crippen LogP contribution in [0.3, 0.4) is 0 Å². The molecular weight excluding hydrogens is 356 g/mol. The monoisotopic (exact) mass is 384 g/mol. The number of aliphatic hydroxyl groups excluding tert-OH is 3. The lowest BCUT2D eigenvalue weighted by molar-refractivity contribution is -0.300. The van der Waals surface area contributed by atoms with Crippen LogP contribution in [-0.2, 0) is 30.3 Å². The van der Waals surface area contributed by atoms with Crippen molar-refractivity contribution in [1.82, 2.24) is 0 Å². The molecule has 1 heterocycles. The minimum atomic E-state index is -1.47. The van der Waals surface area contributed by atoms with Gasteiger partial charge in [-0.15, -0.1) is 0 Å². The van der Waals surface area contributed by atoms with Crippen LogP contribution in [0.4, 0.5) is 0 Å². The first-order chi connectivity index (χ1) is 13.1. The highest BCUT2D eigenvalue weighted by atomic mass is 16.7. The van der Waals surface area contributed by atoms with Gasteiger partial charge in [0.05, 0.1) is 26.4 Å². The first-order valence-corrected chi connectivity index (χ1v) is 9.12. The van der Waals surface area contributed by atoms with Crippen LogP contribution < -0.4 is 0 Å². The van der Waals surface area contributed by atoms with E-state index in [1.165, 1.54) is 0 Å². The minimum Gasteiger partial charge on any atom is -0.454 e. The van der Waals surface area contributed by atoms with Gasteiger partial charge in [-0.3, -0.25) is 4.79 Å². The summed E-state index contributed by atoms with van der Waals surface area (Å²) >= 11 is 0. The lowest BCUT2D eigenvalue weighted by Gasteiger charge is -2.42. The van der Waals surface area contributed by atoms with E-state index in [-0.39, 0.29) is 26.2 Å². The molecule has 2 rings (SSSR count). The van der Waals surface area contributed by atoms with Gasteiger partial charge in [-0.05, 0) is 12.0 Å². The summed E-state index contributed by atoms with van der Waals surface area (Å²) in [6.07, 6.45) is -4.99. The molecule has 27 heavy (non-hydrogen) atoms. The predicted molar refractivity (Wildman–Crippen MR) is 94.6 cm³/mol. The summed E-state index contributed by atoms with van der Waals surface area (Å²) in [7, 11) is 0. The molecule has 3 N–H and O–H groups in total. The standard InChI is InChI=1S/C19H28O8/c1-2-6-15(21)27-18-17(25-10-9-20)16(22)14(26-19(18)23)12-24-11-13-7-4-3-5-8-13/h3-5,7-8,14,16-20,22-23H,2,6,9-12H2,1H3/t14-,16+,17-,18-,19+/m0/s1. The molecule has 152 valence electrons. The van der Waals surface area contributed by atoms with Gasteiger partial charge in [0.1, 0.15) is 18.3 Å². The Morgan fingerprint density at radius 1 is 1.19 bits per heavy atom. The number of ether oxygens (including phenoxy) is 4. The molecule has 1 saturated heterocycles. The summed E-state index contributed by atoms with van der Waals surface area (Å²) in [6, 6.07) is 9.49. The molecule has 1 aromatic rings. The van der Waals surface area contributed by atoms with E-state index in [0.29, 0.717) is 13.0 Å². The largest absolute Gasteiger partial charge is 0.454 e. The number of benzene rings is 1. The second-order valence-corrected chi connectivity index (χ2v) is 6.32. The van der Waals surface area contributed by atoms with E-state index in [0.717, 1.165) is 5.56 Å². The minimum absolute atomic E-state index is 0.0156. The zero-order chi connectivity index (χ0) is 19.6. The molecule has 0 unspecified atom stereocenters. The Balaban J connectivity index is 1.96. The van der Waals surface area contributed by atoms with Crippen molar-refractivity contribution in [2.24, 2.45) is 0 Å². The van der Waals surface area contributed by atoms with Crippen molar-refractivity contribution >= 4 is 5.97 Å². The average molecular weight is 384 g/mol. The van der Waals surface area contributed by atoms with E-state index in [2.05, 4.69) is 0 Å². The maximum atomic E-state index is 11.8. The molecule has 0 bridgehead atoms. The van der Waals surface area contributed by atoms with Crippen molar-refractivity contribution < 1.29 is 39.1 Å². The Morgan fingerprint density at radius 3 is 2.59 bits per heavy atom. The predicted octanol–water partition coefficient (Wildman–Crippen LogP) is 0.371. The maximum Gasteiger partial charge on any atom is 0.306 e. The van der Waals surface area contributed by atoms with Crippen molar-refractivity contribution in [2.75, 3.05) is 19.8 Å². The van der Waals surface area contributed by atoms with Gasteiger partial charge in [-0.2, -0.15) is 0 Å². The van der Waals surface area contributed by atoms with Crippen LogP contribution in [0.5, 0.6) is 0 Å². The van der Waals surface area contributed by atoms with E-state index in [4.69, 9.17) is 24.1 Å². The van der Waals surface area contributed by atoms with Gasteiger partial charge >= 0.3 is 5.97 Å². The van der Waals surface area contributed by atoms with E-state index < -0.39 is 36.7 Å². The molecule has 5 atom stereocenters. The van der Waals surface area contributed by atoms with E-state index in [9.17, 15) is 15.0 Å². The molecule has 8 heteroatoms. The first kappa shape index (κ1) is 21.7. The molecule has 1 fully saturated rings. The first-order valence-electron chi connectivity index (χ1n) is 9.12. The zero-order valence-electron chi connectivity index (χ0n) is 15.4. The van der Waals surface area contributed by atoms with Crippen LogP contribution in [0.1, 0.15) is 25.3 Å². The summed E-state index contributed by atoms with van der Waals surface area (Å²) in [5.41, 5.74) is 0.961. The highest BCUT2D eigenvalue weighted by molar-refractivity contribution is 5.69. The van der Waals surface area contributed by atoms with Crippen molar-refractivity contribution in [3.8, 4) is 0 Å². The molecule has 8 nitrogen and oxygen atoms in total. The number of carbonyl (C=O) groups excluding carboxylic acids is 1. The summed E-state index contributed by atoms with van der Waals surface area (Å²) in [5, 5.41) is 29.8. The fraction of sp³-hybridized carbons (Fsp3) is 0.632. The third-order valence-corrected chi connectivity index (χ3v) is 4.15. The van der Waals surface area contributed by atoms with E-state index in [1.807, 2.05) is 37.3 Å². The van der Waals surface area contributed by atoms with Gasteiger partial charge in [-0.1, -0.05) is 37.3 Å². The molecule has 1 aromatic carbocycles. The van der Waals surface area contributed by atoms with Crippen LogP contribution in [0.2, 0.25) is 0 Å². The lowest BCUT2D eigenvalue weighted by Crippen LogP contribution is -2.61. The van der Waals surface area contributed by atoms with Crippen molar-refractivity contribution in [1.29, 1.82) is 0 Å². The second-order valence-electron chi connectivity index (χ2n) is 6.32. The number of esters is 1. The summed E-state index contributed by atoms with van der Waals surface area (Å²) in [4.78, 5) is 11.8. The number of hydrogen-bond donors (Lipinski definition) is 3. The Hall–Kier alpha value is -1.55. The van der Waals surface area contributed by atoms with Crippen molar-refractivity contribution in [3.63, 3.8) is 0 Å². The third kappa shape index (κ3) is 6.53. The molecule has 0 radical (unpaired) electrons. The van der Waals surface area contributed by atoms with Gasteiger partial charge in [0.25, 0.3) is 0 Å². The Bertz CT molecular complexity index is 552. The SMILES string of the molecule is CCCC(=O)O[C@H]1[C@@H](OCCO)[C@H](O)[C@H](COCc2ccccc2)O[C@H]1O. The topological polar surface area (TPSA) is 115 Å². The van der Waals surface area contributed by atoms with Gasteiger partial charge in [0.2, 0.25) is 0 Å². The smallest absolute Gasteiger partial charge is 0.306 e. The number of hydrogen-bond acceptors (Lipinski definition) is 8. The summed E-state index contributed by atoms with van der Waals surface area (Å²) in [5.74, 6) is -0.520. The highest BCUT2D eigenvalue weighted by Gasteiger charge is 2.47. The molecular formula is C19H28O8. The molecule has 0 amide bonds. The van der Waals surface area contributed by atoms with Gasteiger partial charge in [-0.25, -0.2) is 0 Å². The number of carbonyl (C=O) groups is 1. The van der Waals surface area contributed by atoms with Crippen LogP contribution >= 0.6 is 0 Å². The van der Waals surface area contributed by atoms with Crippen molar-refractivity contribution in [3.05, 3.63) is 35.9 Å². The molecule has 1 aliphatic rings. The summed E-state index contributed by atoms with van der Waals surface area (Å²) in [6.45, 7) is 1.81. The third-order valence-electron chi connectivity index (χ3n) is 4.15. The number of rotatable bonds is 10. The fourth-order valence-corrected chi connectivity index (χ4v) is 2.83. The summed E-state index contributed by atoms with van der Waals surface area (Å²) < 4.78 is 21.6. The fourth-order valence-electron chi connectivity index (χ4n) is 2.83. The van der Waals surface area contributed by atoms with Crippen LogP contribution in [-0.4, -0.2) is 71.8 Å². The Morgan fingerprint density at radius 2 is 1.93 bits per heavy atom. The highest BCUT2D eigenvalue weighted by Crippen LogP contribution is 2.26. The van der Waals surface area contributed by atoms with E-state index in [1.54, 1.807) is 0 Å². The quantitative estimate of drug-likeness (QED) is 0.496. The Kier molecular flexibility index (Phi) is 9.12. The van der Waals surface area contributed by atoms with Gasteiger partial charge < -0.3 is 34.3 Å². The van der Waals surface area contributed by atoms with Crippen molar-refractivity contribution in [2.45, 2.75) is 57.1 Å². The second kappa shape index (κ2) is 11.3. The lowest BCUT2D eigenvalue weighted by atomic mass is 9.98. The average Bonchev–Trinajstić information content (AvgIpc) is 2.66. The molecule has 0 aliphatic carbocycles. The van der Waals surface area contributed by atoms with Crippen LogP contribution in [0.15, 0.2) is 30.3 Å². The normalized spacial score (nSPS) is 28.1.